The van der Waals surface area contributed by atoms with Gasteiger partial charge in [-0.3, -0.25) is 0 Å². The number of halogens is 2. The van der Waals surface area contributed by atoms with E-state index in [1.54, 1.807) is 0 Å². The van der Waals surface area contributed by atoms with Crippen LogP contribution >= 0.6 is 0 Å². The number of aryl methyl sites for hydroxylation is 2. The Hall–Kier alpha value is -3.16. The Balaban J connectivity index is 2.18. The molecule has 2 aromatic carbocycles. The standard InChI is InChI=1S/C19H20F2N2O4/c1-22-16-7-11(14(20)8-13(16)19(26)27)5-3-4-10-6-12(18(24)25)17(23-2)9-15(10)21/h6-9,22-23H,3-5H2,1-2H3,(H,24,25)(H,26,27). The van der Waals surface area contributed by atoms with Gasteiger partial charge in [0.2, 0.25) is 0 Å². The molecule has 2 rings (SSSR count). The number of carboxylic acids is 2. The third kappa shape index (κ3) is 4.52. The number of carbonyl (C=O) groups is 2. The van der Waals surface area contributed by atoms with Crippen molar-refractivity contribution in [2.24, 2.45) is 0 Å². The van der Waals surface area contributed by atoms with Crippen LogP contribution in [-0.4, -0.2) is 36.2 Å². The molecule has 0 fully saturated rings. The Bertz CT molecular complexity index is 884. The molecule has 0 spiro atoms. The van der Waals surface area contributed by atoms with Crippen LogP contribution in [-0.2, 0) is 12.8 Å². The molecular weight excluding hydrogens is 358 g/mol. The first-order valence-corrected chi connectivity index (χ1v) is 8.25. The maximum Gasteiger partial charge on any atom is 0.337 e. The molecule has 0 aromatic heterocycles. The van der Waals surface area contributed by atoms with Gasteiger partial charge >= 0.3 is 11.9 Å². The van der Waals surface area contributed by atoms with E-state index in [0.717, 1.165) is 12.1 Å². The zero-order valence-corrected chi connectivity index (χ0v) is 14.9. The fraction of sp³-hybridized carbons (Fsp3) is 0.263. The maximum absolute atomic E-state index is 14.2. The molecule has 0 saturated carbocycles. The van der Waals surface area contributed by atoms with Crippen LogP contribution in [0, 0.1) is 11.6 Å². The predicted molar refractivity (Wildman–Crippen MR) is 97.8 cm³/mol. The van der Waals surface area contributed by atoms with Crippen LogP contribution in [0.2, 0.25) is 0 Å². The van der Waals surface area contributed by atoms with Crippen LogP contribution < -0.4 is 10.6 Å². The van der Waals surface area contributed by atoms with E-state index < -0.39 is 23.6 Å². The average molecular weight is 378 g/mol. The molecule has 0 amide bonds. The molecule has 0 aliphatic heterocycles. The smallest absolute Gasteiger partial charge is 0.337 e. The van der Waals surface area contributed by atoms with Crippen LogP contribution in [0.15, 0.2) is 24.3 Å². The first-order chi connectivity index (χ1) is 12.8. The molecule has 0 aliphatic rings. The van der Waals surface area contributed by atoms with Crippen molar-refractivity contribution >= 4 is 23.3 Å². The molecule has 0 unspecified atom stereocenters. The third-order valence-corrected chi connectivity index (χ3v) is 4.26. The SMILES string of the molecule is CNc1cc(CCCc2cc(C(=O)O)c(NC)cc2F)c(F)cc1C(=O)O. The molecule has 6 nitrogen and oxygen atoms in total. The number of carboxylic acid groups (broad SMARTS) is 2. The summed E-state index contributed by atoms with van der Waals surface area (Å²) in [7, 11) is 3.04. The van der Waals surface area contributed by atoms with E-state index in [2.05, 4.69) is 10.6 Å². The molecule has 2 aromatic rings. The number of rotatable bonds is 8. The van der Waals surface area contributed by atoms with Crippen molar-refractivity contribution in [1.82, 2.24) is 0 Å². The van der Waals surface area contributed by atoms with E-state index in [1.165, 1.54) is 26.2 Å². The van der Waals surface area contributed by atoms with E-state index in [9.17, 15) is 23.5 Å². The third-order valence-electron chi connectivity index (χ3n) is 4.26. The predicted octanol–water partition coefficient (Wildman–Crippen LogP) is 3.62. The first kappa shape index (κ1) is 20.2. The van der Waals surface area contributed by atoms with E-state index in [0.29, 0.717) is 12.0 Å². The van der Waals surface area contributed by atoms with E-state index in [4.69, 9.17) is 5.11 Å². The molecule has 27 heavy (non-hydrogen) atoms. The van der Waals surface area contributed by atoms with Crippen LogP contribution in [0.5, 0.6) is 0 Å². The lowest BCUT2D eigenvalue weighted by Crippen LogP contribution is -2.07. The monoisotopic (exact) mass is 378 g/mol. The molecule has 4 N–H and O–H groups in total. The van der Waals surface area contributed by atoms with Crippen molar-refractivity contribution in [1.29, 1.82) is 0 Å². The quantitative estimate of drug-likeness (QED) is 0.560. The van der Waals surface area contributed by atoms with E-state index >= 15 is 0 Å². The molecular formula is C19H20F2N2O4. The van der Waals surface area contributed by atoms with Crippen molar-refractivity contribution in [2.75, 3.05) is 24.7 Å². The Morgan fingerprint density at radius 2 is 1.26 bits per heavy atom. The number of nitrogens with one attached hydrogen (secondary N) is 2. The Morgan fingerprint density at radius 1 is 0.815 bits per heavy atom. The highest BCUT2D eigenvalue weighted by molar-refractivity contribution is 5.95. The number of aromatic carboxylic acids is 2. The Morgan fingerprint density at radius 3 is 1.78 bits per heavy atom. The highest BCUT2D eigenvalue weighted by Crippen LogP contribution is 2.24. The van der Waals surface area contributed by atoms with Gasteiger partial charge < -0.3 is 20.8 Å². The number of benzene rings is 2. The Kier molecular flexibility index (Phi) is 6.33. The van der Waals surface area contributed by atoms with Gasteiger partial charge in [-0.1, -0.05) is 0 Å². The molecule has 0 radical (unpaired) electrons. The second-order valence-corrected chi connectivity index (χ2v) is 5.94. The van der Waals surface area contributed by atoms with Crippen LogP contribution in [0.1, 0.15) is 38.3 Å². The van der Waals surface area contributed by atoms with Gasteiger partial charge in [0.15, 0.2) is 0 Å². The van der Waals surface area contributed by atoms with Crippen LogP contribution in [0.3, 0.4) is 0 Å². The van der Waals surface area contributed by atoms with E-state index in [1.807, 2.05) is 0 Å². The number of hydrogen-bond acceptors (Lipinski definition) is 4. The summed E-state index contributed by atoms with van der Waals surface area (Å²) in [4.78, 5) is 22.4. The topological polar surface area (TPSA) is 98.7 Å². The largest absolute Gasteiger partial charge is 0.478 e. The van der Waals surface area contributed by atoms with E-state index in [-0.39, 0.29) is 40.9 Å². The van der Waals surface area contributed by atoms with Gasteiger partial charge in [-0.15, -0.1) is 0 Å². The van der Waals surface area contributed by atoms with Crippen molar-refractivity contribution in [3.8, 4) is 0 Å². The molecule has 0 atom stereocenters. The minimum atomic E-state index is -1.24. The summed E-state index contributed by atoms with van der Waals surface area (Å²) < 4.78 is 28.3. The first-order valence-electron chi connectivity index (χ1n) is 8.25. The summed E-state index contributed by atoms with van der Waals surface area (Å²) in [6.07, 6.45) is 0.822. The number of hydrogen-bond donors (Lipinski definition) is 4. The highest BCUT2D eigenvalue weighted by Gasteiger charge is 2.16. The fourth-order valence-corrected chi connectivity index (χ4v) is 2.86. The maximum atomic E-state index is 14.2. The van der Waals surface area contributed by atoms with Crippen molar-refractivity contribution < 1.29 is 28.6 Å². The van der Waals surface area contributed by atoms with Crippen molar-refractivity contribution in [3.63, 3.8) is 0 Å². The van der Waals surface area contributed by atoms with Crippen molar-refractivity contribution in [2.45, 2.75) is 19.3 Å². The summed E-state index contributed by atoms with van der Waals surface area (Å²) in [5, 5.41) is 23.6. The molecule has 0 heterocycles. The number of anilines is 2. The van der Waals surface area contributed by atoms with Gasteiger partial charge in [0.05, 0.1) is 16.8 Å². The van der Waals surface area contributed by atoms with Crippen molar-refractivity contribution in [3.05, 3.63) is 58.2 Å². The normalized spacial score (nSPS) is 10.5. The summed E-state index contributed by atoms with van der Waals surface area (Å²) in [5.74, 6) is -3.60. The summed E-state index contributed by atoms with van der Waals surface area (Å²) in [6.45, 7) is 0. The van der Waals surface area contributed by atoms with Gasteiger partial charge in [0.25, 0.3) is 0 Å². The fourth-order valence-electron chi connectivity index (χ4n) is 2.86. The Labute approximate surface area is 154 Å². The minimum Gasteiger partial charge on any atom is -0.478 e. The molecule has 0 aliphatic carbocycles. The summed E-state index contributed by atoms with van der Waals surface area (Å²) in [6, 6.07) is 4.77. The average Bonchev–Trinajstić information content (AvgIpc) is 2.63. The second-order valence-electron chi connectivity index (χ2n) is 5.94. The summed E-state index contributed by atoms with van der Waals surface area (Å²) >= 11 is 0. The highest BCUT2D eigenvalue weighted by atomic mass is 19.1. The van der Waals surface area contributed by atoms with Crippen LogP contribution in [0.25, 0.3) is 0 Å². The zero-order valence-electron chi connectivity index (χ0n) is 14.9. The van der Waals surface area contributed by atoms with Gasteiger partial charge in [-0.2, -0.15) is 0 Å². The van der Waals surface area contributed by atoms with Crippen LogP contribution in [0.4, 0.5) is 20.2 Å². The lowest BCUT2D eigenvalue weighted by molar-refractivity contribution is 0.0686. The lowest BCUT2D eigenvalue weighted by Gasteiger charge is -2.12. The molecule has 0 saturated heterocycles. The van der Waals surface area contributed by atoms with Gasteiger partial charge in [-0.05, 0) is 54.7 Å². The molecule has 0 bridgehead atoms. The van der Waals surface area contributed by atoms with Gasteiger partial charge in [0.1, 0.15) is 11.6 Å². The molecule has 144 valence electrons. The second kappa shape index (κ2) is 8.48. The summed E-state index contributed by atoms with van der Waals surface area (Å²) in [5.41, 5.74) is 0.786. The van der Waals surface area contributed by atoms with Gasteiger partial charge in [-0.25, -0.2) is 18.4 Å². The zero-order chi connectivity index (χ0) is 20.1. The molecule has 8 heteroatoms. The van der Waals surface area contributed by atoms with Gasteiger partial charge in [0, 0.05) is 19.8 Å². The lowest BCUT2D eigenvalue weighted by atomic mass is 9.99. The minimum absolute atomic E-state index is 0.0386.